The monoisotopic (exact) mass is 326 g/mol. The minimum absolute atomic E-state index is 0.0207. The minimum atomic E-state index is -3.12. The van der Waals surface area contributed by atoms with Gasteiger partial charge in [-0.15, -0.1) is 0 Å². The van der Waals surface area contributed by atoms with Crippen molar-refractivity contribution in [2.24, 2.45) is 0 Å². The first kappa shape index (κ1) is 12.7. The second-order valence-corrected chi connectivity index (χ2v) is 7.60. The van der Waals surface area contributed by atoms with Gasteiger partial charge in [0.1, 0.15) is 0 Å². The fourth-order valence-corrected chi connectivity index (χ4v) is 5.06. The van der Waals surface area contributed by atoms with Gasteiger partial charge in [0.05, 0.1) is 29.9 Å². The Morgan fingerprint density at radius 1 is 1.38 bits per heavy atom. The minimum Gasteiger partial charge on any atom is -0.356 e. The van der Waals surface area contributed by atoms with Crippen LogP contribution in [-0.4, -0.2) is 57.1 Å². The number of hydrogen-bond donors (Lipinski definition) is 3. The molecule has 2 aliphatic rings. The van der Waals surface area contributed by atoms with Gasteiger partial charge in [-0.05, 0) is 12.2 Å². The Labute approximate surface area is 123 Å². The maximum atomic E-state index is 12.0. The Balaban J connectivity index is 1.84. The number of thiocarbonyl (C=S) groups is 1. The zero-order valence-corrected chi connectivity index (χ0v) is 12.2. The molecule has 0 unspecified atom stereocenters. The average molecular weight is 326 g/mol. The number of imidazole rings is 1. The van der Waals surface area contributed by atoms with Crippen LogP contribution in [0.2, 0.25) is 0 Å². The number of aromatic nitrogens is 4. The molecule has 2 fully saturated rings. The van der Waals surface area contributed by atoms with Crippen molar-refractivity contribution in [3.05, 3.63) is 16.7 Å². The molecule has 2 aromatic rings. The molecule has 21 heavy (non-hydrogen) atoms. The molecule has 9 nitrogen and oxygen atoms in total. The molecule has 11 heteroatoms. The van der Waals surface area contributed by atoms with Gasteiger partial charge in [0.15, 0.2) is 26.1 Å². The number of fused-ring (bicyclic) bond motifs is 2. The van der Waals surface area contributed by atoms with Gasteiger partial charge in [-0.25, -0.2) is 13.4 Å². The summed E-state index contributed by atoms with van der Waals surface area (Å²) >= 11 is 5.23. The van der Waals surface area contributed by atoms with E-state index in [1.165, 1.54) is 6.33 Å². The molecule has 2 saturated heterocycles. The lowest BCUT2D eigenvalue weighted by atomic mass is 10.2. The molecule has 0 saturated carbocycles. The molecule has 2 aliphatic heterocycles. The fraction of sp³-hybridized carbons (Fsp3) is 0.400. The highest BCUT2D eigenvalue weighted by Crippen LogP contribution is 2.27. The third-order valence-corrected chi connectivity index (χ3v) is 5.72. The molecule has 110 valence electrons. The van der Waals surface area contributed by atoms with Gasteiger partial charge < -0.3 is 10.3 Å². The van der Waals surface area contributed by atoms with Crippen molar-refractivity contribution in [1.82, 2.24) is 25.3 Å². The van der Waals surface area contributed by atoms with E-state index >= 15 is 0 Å². The molecule has 3 N–H and O–H groups in total. The lowest BCUT2D eigenvalue weighted by molar-refractivity contribution is 0.600. The number of nitrogens with zero attached hydrogens (tertiary/aromatic N) is 3. The number of hydrogen-bond acceptors (Lipinski definition) is 6. The van der Waals surface area contributed by atoms with Gasteiger partial charge in [-0.3, -0.25) is 14.7 Å². The summed E-state index contributed by atoms with van der Waals surface area (Å²) in [6, 6.07) is -0.635. The number of anilines is 1. The molecule has 0 bridgehead atoms. The van der Waals surface area contributed by atoms with Crippen molar-refractivity contribution >= 4 is 44.3 Å². The van der Waals surface area contributed by atoms with Crippen LogP contribution in [0, 0.1) is 0 Å². The van der Waals surface area contributed by atoms with Crippen molar-refractivity contribution in [2.45, 2.75) is 12.1 Å². The van der Waals surface area contributed by atoms with Crippen LogP contribution in [-0.2, 0) is 9.84 Å². The Morgan fingerprint density at radius 3 is 3.00 bits per heavy atom. The molecular weight excluding hydrogens is 316 g/mol. The summed E-state index contributed by atoms with van der Waals surface area (Å²) in [5.74, 6) is 0.220. The molecule has 2 aromatic heterocycles. The number of H-pyrrole nitrogens is 2. The van der Waals surface area contributed by atoms with E-state index in [1.54, 1.807) is 4.90 Å². The van der Waals surface area contributed by atoms with E-state index in [4.69, 9.17) is 12.2 Å². The smallest absolute Gasteiger partial charge is 0.278 e. The summed E-state index contributed by atoms with van der Waals surface area (Å²) in [6.45, 7) is 0. The molecule has 0 radical (unpaired) electrons. The van der Waals surface area contributed by atoms with E-state index in [0.29, 0.717) is 5.11 Å². The first-order chi connectivity index (χ1) is 9.94. The second-order valence-electron chi connectivity index (χ2n) is 5.06. The van der Waals surface area contributed by atoms with Gasteiger partial charge in [-0.2, -0.15) is 4.98 Å². The Kier molecular flexibility index (Phi) is 2.43. The predicted octanol–water partition coefficient (Wildman–Crippen LogP) is -1.49. The zero-order chi connectivity index (χ0) is 14.8. The largest absolute Gasteiger partial charge is 0.356 e. The van der Waals surface area contributed by atoms with Crippen LogP contribution in [0.4, 0.5) is 5.95 Å². The number of aromatic amines is 2. The normalized spacial score (nSPS) is 27.0. The van der Waals surface area contributed by atoms with Gasteiger partial charge in [0, 0.05) is 0 Å². The molecule has 4 rings (SSSR count). The third kappa shape index (κ3) is 1.84. The molecule has 0 aromatic carbocycles. The van der Waals surface area contributed by atoms with Crippen LogP contribution in [0.3, 0.4) is 0 Å². The Bertz CT molecular complexity index is 916. The summed E-state index contributed by atoms with van der Waals surface area (Å²) in [4.78, 5) is 27.0. The fourth-order valence-electron chi connectivity index (χ4n) is 2.80. The molecule has 2 atom stereocenters. The van der Waals surface area contributed by atoms with Crippen molar-refractivity contribution < 1.29 is 8.42 Å². The van der Waals surface area contributed by atoms with Crippen LogP contribution in [0.1, 0.15) is 0 Å². The van der Waals surface area contributed by atoms with Crippen LogP contribution in [0.5, 0.6) is 0 Å². The van der Waals surface area contributed by atoms with Crippen molar-refractivity contribution in [2.75, 3.05) is 16.4 Å². The average Bonchev–Trinajstić information content (AvgIpc) is 3.01. The van der Waals surface area contributed by atoms with Crippen LogP contribution >= 0.6 is 12.2 Å². The highest BCUT2D eigenvalue weighted by molar-refractivity contribution is 7.91. The van der Waals surface area contributed by atoms with Gasteiger partial charge >= 0.3 is 0 Å². The summed E-state index contributed by atoms with van der Waals surface area (Å²) in [6.07, 6.45) is 1.38. The lowest BCUT2D eigenvalue weighted by Gasteiger charge is -2.20. The Morgan fingerprint density at radius 2 is 2.19 bits per heavy atom. The van der Waals surface area contributed by atoms with E-state index in [2.05, 4.69) is 25.3 Å². The van der Waals surface area contributed by atoms with Crippen LogP contribution < -0.4 is 15.8 Å². The lowest BCUT2D eigenvalue weighted by Crippen LogP contribution is -2.39. The van der Waals surface area contributed by atoms with Crippen LogP contribution in [0.15, 0.2) is 11.1 Å². The summed E-state index contributed by atoms with van der Waals surface area (Å²) < 4.78 is 23.5. The standard InChI is InChI=1S/C10H10N6O3S2/c17-8-6-7(12-3-11-6)14-9(15-8)16-5-2-21(18,19)1-4(5)13-10(16)20/h3-5H,1-2H2,(H,13,20)(H2,11,12,14,15,17)/t4-,5+/m0/s1. The molecule has 4 heterocycles. The second kappa shape index (κ2) is 4.01. The molecule has 0 spiro atoms. The number of rotatable bonds is 1. The zero-order valence-electron chi connectivity index (χ0n) is 10.5. The summed E-state index contributed by atoms with van der Waals surface area (Å²) in [5, 5.41) is 3.33. The predicted molar refractivity (Wildman–Crippen MR) is 79.0 cm³/mol. The Hall–Kier alpha value is -2.01. The highest BCUT2D eigenvalue weighted by Gasteiger charge is 2.48. The number of nitrogens with one attached hydrogen (secondary N) is 3. The van der Waals surface area contributed by atoms with Crippen molar-refractivity contribution in [3.63, 3.8) is 0 Å². The first-order valence-corrected chi connectivity index (χ1v) is 8.41. The molecule has 0 amide bonds. The van der Waals surface area contributed by atoms with Crippen LogP contribution in [0.25, 0.3) is 11.2 Å². The highest BCUT2D eigenvalue weighted by atomic mass is 32.2. The summed E-state index contributed by atoms with van der Waals surface area (Å²) in [7, 11) is -3.12. The van der Waals surface area contributed by atoms with E-state index in [1.807, 2.05) is 0 Å². The molecule has 0 aliphatic carbocycles. The SMILES string of the molecule is O=c1[nH]c(N2C(=S)N[C@H]3CS(=O)(=O)C[C@H]32)nc2nc[nH]c12. The van der Waals surface area contributed by atoms with Gasteiger partial charge in [-0.1, -0.05) is 0 Å². The topological polar surface area (TPSA) is 124 Å². The third-order valence-electron chi connectivity index (χ3n) is 3.69. The van der Waals surface area contributed by atoms with Gasteiger partial charge in [0.2, 0.25) is 5.95 Å². The van der Waals surface area contributed by atoms with Crippen molar-refractivity contribution in [1.29, 1.82) is 0 Å². The van der Waals surface area contributed by atoms with E-state index in [9.17, 15) is 13.2 Å². The van der Waals surface area contributed by atoms with Crippen molar-refractivity contribution in [3.8, 4) is 0 Å². The maximum Gasteiger partial charge on any atom is 0.278 e. The number of sulfone groups is 1. The quantitative estimate of drug-likeness (QED) is 0.541. The first-order valence-electron chi connectivity index (χ1n) is 6.18. The van der Waals surface area contributed by atoms with E-state index < -0.39 is 9.84 Å². The summed E-state index contributed by atoms with van der Waals surface area (Å²) in [5.41, 5.74) is 0.160. The van der Waals surface area contributed by atoms with E-state index in [-0.39, 0.29) is 46.3 Å². The molecular formula is C10H10N6O3S2. The maximum absolute atomic E-state index is 12.0. The van der Waals surface area contributed by atoms with Gasteiger partial charge in [0.25, 0.3) is 5.56 Å². The van der Waals surface area contributed by atoms with E-state index in [0.717, 1.165) is 0 Å².